The van der Waals surface area contributed by atoms with E-state index < -0.39 is 0 Å². The van der Waals surface area contributed by atoms with Gasteiger partial charge in [-0.25, -0.2) is 4.79 Å². The first-order valence-corrected chi connectivity index (χ1v) is 7.44. The third kappa shape index (κ3) is 4.77. The molecule has 1 aliphatic rings. The van der Waals surface area contributed by atoms with Crippen molar-refractivity contribution in [1.29, 1.82) is 0 Å². The minimum Gasteiger partial charge on any atom is -0.334 e. The zero-order valence-corrected chi connectivity index (χ0v) is 12.7. The monoisotopic (exact) mass is 289 g/mol. The number of nitrogens with one attached hydrogen (secondary N) is 2. The summed E-state index contributed by atoms with van der Waals surface area (Å²) in [5.41, 5.74) is 1.72. The first-order valence-electron chi connectivity index (χ1n) is 7.44. The van der Waals surface area contributed by atoms with E-state index >= 15 is 0 Å². The molecule has 3 amide bonds. The van der Waals surface area contributed by atoms with Gasteiger partial charge in [0.15, 0.2) is 0 Å². The summed E-state index contributed by atoms with van der Waals surface area (Å²) in [5, 5.41) is 5.68. The Morgan fingerprint density at radius 3 is 2.67 bits per heavy atom. The van der Waals surface area contributed by atoms with E-state index in [0.717, 1.165) is 37.2 Å². The summed E-state index contributed by atoms with van der Waals surface area (Å²) >= 11 is 0. The van der Waals surface area contributed by atoms with Crippen LogP contribution in [0.3, 0.4) is 0 Å². The van der Waals surface area contributed by atoms with Gasteiger partial charge in [-0.1, -0.05) is 19.1 Å². The fourth-order valence-electron chi connectivity index (χ4n) is 2.46. The van der Waals surface area contributed by atoms with Crippen LogP contribution in [0.2, 0.25) is 0 Å². The van der Waals surface area contributed by atoms with E-state index in [9.17, 15) is 9.59 Å². The number of carbonyl (C=O) groups excluding carboxylic acids is 2. The lowest BCUT2D eigenvalue weighted by Gasteiger charge is -2.30. The highest BCUT2D eigenvalue weighted by atomic mass is 16.2. The minimum absolute atomic E-state index is 0.00756. The molecule has 1 saturated heterocycles. The maximum atomic E-state index is 12.1. The van der Waals surface area contributed by atoms with Gasteiger partial charge in [0.05, 0.1) is 0 Å². The quantitative estimate of drug-likeness (QED) is 0.898. The number of piperidine rings is 1. The van der Waals surface area contributed by atoms with Gasteiger partial charge in [-0.15, -0.1) is 0 Å². The van der Waals surface area contributed by atoms with E-state index in [1.54, 1.807) is 0 Å². The summed E-state index contributed by atoms with van der Waals surface area (Å²) in [6, 6.07) is 7.50. The number of urea groups is 1. The Hall–Kier alpha value is -2.04. The predicted octanol–water partition coefficient (Wildman–Crippen LogP) is 2.59. The van der Waals surface area contributed by atoms with Gasteiger partial charge in [-0.05, 0) is 36.5 Å². The molecule has 21 heavy (non-hydrogen) atoms. The van der Waals surface area contributed by atoms with Crippen LogP contribution in [0.15, 0.2) is 24.3 Å². The Morgan fingerprint density at radius 1 is 1.29 bits per heavy atom. The van der Waals surface area contributed by atoms with E-state index in [-0.39, 0.29) is 11.9 Å². The van der Waals surface area contributed by atoms with Gasteiger partial charge in [0.1, 0.15) is 0 Å². The number of anilines is 1. The summed E-state index contributed by atoms with van der Waals surface area (Å²) in [7, 11) is 0. The number of rotatable bonds is 3. The topological polar surface area (TPSA) is 61.4 Å². The van der Waals surface area contributed by atoms with Gasteiger partial charge in [0.25, 0.3) is 0 Å². The Bertz CT molecular complexity index is 508. The Balaban J connectivity index is 1.85. The van der Waals surface area contributed by atoms with E-state index in [0.29, 0.717) is 12.5 Å². The van der Waals surface area contributed by atoms with Gasteiger partial charge >= 0.3 is 6.03 Å². The van der Waals surface area contributed by atoms with Crippen LogP contribution < -0.4 is 10.6 Å². The van der Waals surface area contributed by atoms with Crippen molar-refractivity contribution in [3.63, 3.8) is 0 Å². The molecular formula is C16H23N3O2. The summed E-state index contributed by atoms with van der Waals surface area (Å²) in [4.78, 5) is 25.0. The molecule has 0 atom stereocenters. The largest absolute Gasteiger partial charge is 0.334 e. The second-order valence-corrected chi connectivity index (χ2v) is 5.71. The third-order valence-electron chi connectivity index (χ3n) is 3.76. The zero-order valence-electron chi connectivity index (χ0n) is 12.7. The van der Waals surface area contributed by atoms with Gasteiger partial charge in [-0.2, -0.15) is 0 Å². The lowest BCUT2D eigenvalue weighted by atomic mass is 10.00. The fourth-order valence-corrected chi connectivity index (χ4v) is 2.46. The SMILES string of the molecule is CC(=O)Nc1cccc(CNC(=O)N2CCC(C)CC2)c1. The molecule has 0 saturated carbocycles. The van der Waals surface area contributed by atoms with Crippen molar-refractivity contribution in [2.24, 2.45) is 5.92 Å². The summed E-state index contributed by atoms with van der Waals surface area (Å²) < 4.78 is 0. The maximum absolute atomic E-state index is 12.1. The zero-order chi connectivity index (χ0) is 15.2. The highest BCUT2D eigenvalue weighted by molar-refractivity contribution is 5.88. The lowest BCUT2D eigenvalue weighted by molar-refractivity contribution is -0.114. The molecule has 0 spiro atoms. The molecule has 5 heteroatoms. The van der Waals surface area contributed by atoms with E-state index in [4.69, 9.17) is 0 Å². The van der Waals surface area contributed by atoms with Crippen LogP contribution in [-0.4, -0.2) is 29.9 Å². The van der Waals surface area contributed by atoms with Crippen LogP contribution >= 0.6 is 0 Å². The van der Waals surface area contributed by atoms with E-state index in [1.165, 1.54) is 6.92 Å². The first kappa shape index (κ1) is 15.4. The normalized spacial score (nSPS) is 15.6. The van der Waals surface area contributed by atoms with Crippen molar-refractivity contribution in [1.82, 2.24) is 10.2 Å². The molecular weight excluding hydrogens is 266 g/mol. The van der Waals surface area contributed by atoms with Crippen LogP contribution in [0.5, 0.6) is 0 Å². The van der Waals surface area contributed by atoms with Crippen molar-refractivity contribution in [2.75, 3.05) is 18.4 Å². The number of carbonyl (C=O) groups is 2. The van der Waals surface area contributed by atoms with Crippen LogP contribution in [0, 0.1) is 5.92 Å². The van der Waals surface area contributed by atoms with Crippen LogP contribution in [-0.2, 0) is 11.3 Å². The number of hydrogen-bond acceptors (Lipinski definition) is 2. The van der Waals surface area contributed by atoms with Gasteiger partial charge in [0.2, 0.25) is 5.91 Å². The van der Waals surface area contributed by atoms with Crippen LogP contribution in [0.25, 0.3) is 0 Å². The molecule has 1 fully saturated rings. The molecule has 5 nitrogen and oxygen atoms in total. The Kier molecular flexibility index (Phi) is 5.20. The fraction of sp³-hybridized carbons (Fsp3) is 0.500. The van der Waals surface area contributed by atoms with Gasteiger partial charge in [-0.3, -0.25) is 4.79 Å². The van der Waals surface area contributed by atoms with Crippen molar-refractivity contribution >= 4 is 17.6 Å². The van der Waals surface area contributed by atoms with Crippen molar-refractivity contribution in [2.45, 2.75) is 33.2 Å². The molecule has 0 aromatic heterocycles. The van der Waals surface area contributed by atoms with Crippen LogP contribution in [0.1, 0.15) is 32.3 Å². The number of benzene rings is 1. The van der Waals surface area contributed by atoms with E-state index in [2.05, 4.69) is 17.6 Å². The highest BCUT2D eigenvalue weighted by Gasteiger charge is 2.19. The number of hydrogen-bond donors (Lipinski definition) is 2. The molecule has 1 aliphatic heterocycles. The van der Waals surface area contributed by atoms with Gasteiger partial charge in [0, 0.05) is 32.2 Å². The number of amides is 3. The molecule has 0 aliphatic carbocycles. The van der Waals surface area contributed by atoms with E-state index in [1.807, 2.05) is 29.2 Å². The Morgan fingerprint density at radius 2 is 2.00 bits per heavy atom. The summed E-state index contributed by atoms with van der Waals surface area (Å²) in [6.45, 7) is 5.84. The molecule has 0 radical (unpaired) electrons. The number of nitrogens with zero attached hydrogens (tertiary/aromatic N) is 1. The molecule has 1 aromatic rings. The Labute approximate surface area is 125 Å². The minimum atomic E-state index is -0.0985. The standard InChI is InChI=1S/C16H23N3O2/c1-12-6-8-19(9-7-12)16(21)17-11-14-4-3-5-15(10-14)18-13(2)20/h3-5,10,12H,6-9,11H2,1-2H3,(H,17,21)(H,18,20). The first-order chi connectivity index (χ1) is 10.0. The number of likely N-dealkylation sites (tertiary alicyclic amines) is 1. The van der Waals surface area contributed by atoms with Crippen LogP contribution in [0.4, 0.5) is 10.5 Å². The molecule has 0 unspecified atom stereocenters. The predicted molar refractivity (Wildman–Crippen MR) is 83.0 cm³/mol. The summed E-state index contributed by atoms with van der Waals surface area (Å²) in [5.74, 6) is 0.613. The molecule has 2 N–H and O–H groups in total. The van der Waals surface area contributed by atoms with Crippen molar-refractivity contribution < 1.29 is 9.59 Å². The summed E-state index contributed by atoms with van der Waals surface area (Å²) in [6.07, 6.45) is 2.15. The third-order valence-corrected chi connectivity index (χ3v) is 3.76. The second-order valence-electron chi connectivity index (χ2n) is 5.71. The lowest BCUT2D eigenvalue weighted by Crippen LogP contribution is -2.43. The highest BCUT2D eigenvalue weighted by Crippen LogP contribution is 2.16. The molecule has 0 bridgehead atoms. The maximum Gasteiger partial charge on any atom is 0.317 e. The molecule has 2 rings (SSSR count). The van der Waals surface area contributed by atoms with Crippen molar-refractivity contribution in [3.8, 4) is 0 Å². The van der Waals surface area contributed by atoms with Gasteiger partial charge < -0.3 is 15.5 Å². The average molecular weight is 289 g/mol. The molecule has 114 valence electrons. The molecule has 1 aromatic carbocycles. The molecule has 1 heterocycles. The van der Waals surface area contributed by atoms with Crippen molar-refractivity contribution in [3.05, 3.63) is 29.8 Å². The smallest absolute Gasteiger partial charge is 0.317 e. The average Bonchev–Trinajstić information content (AvgIpc) is 2.45. The second kappa shape index (κ2) is 7.11.